The van der Waals surface area contributed by atoms with Gasteiger partial charge in [-0.1, -0.05) is 0 Å². The molecule has 1 atom stereocenters. The van der Waals surface area contributed by atoms with E-state index in [1.807, 2.05) is 0 Å². The number of carbonyl (C=O) groups excluding carboxylic acids is 1. The van der Waals surface area contributed by atoms with Crippen LogP contribution in [0.2, 0.25) is 0 Å². The third kappa shape index (κ3) is 3.76. The summed E-state index contributed by atoms with van der Waals surface area (Å²) in [6.45, 7) is 3.76. The van der Waals surface area contributed by atoms with Crippen molar-refractivity contribution in [2.24, 2.45) is 0 Å². The van der Waals surface area contributed by atoms with Gasteiger partial charge < -0.3 is 4.90 Å². The highest BCUT2D eigenvalue weighted by molar-refractivity contribution is 7.89. The van der Waals surface area contributed by atoms with Crippen molar-refractivity contribution >= 4 is 15.9 Å². The van der Waals surface area contributed by atoms with Crippen LogP contribution in [-0.4, -0.2) is 43.8 Å². The molecule has 0 saturated heterocycles. The van der Waals surface area contributed by atoms with E-state index in [-0.39, 0.29) is 16.5 Å². The summed E-state index contributed by atoms with van der Waals surface area (Å²) in [5.74, 6) is -0.322. The minimum Gasteiger partial charge on any atom is -0.345 e. The Morgan fingerprint density at radius 1 is 1.55 bits per heavy atom. The van der Waals surface area contributed by atoms with Crippen LogP contribution in [0.5, 0.6) is 0 Å². The summed E-state index contributed by atoms with van der Waals surface area (Å²) in [6.07, 6.45) is 1.08. The van der Waals surface area contributed by atoms with Crippen LogP contribution in [-0.2, 0) is 14.8 Å². The Balaban J connectivity index is 2.89. The zero-order valence-corrected chi connectivity index (χ0v) is 12.3. The van der Waals surface area contributed by atoms with Crippen LogP contribution in [0.4, 0.5) is 0 Å². The molecule has 20 heavy (non-hydrogen) atoms. The van der Waals surface area contributed by atoms with Gasteiger partial charge in [-0.3, -0.25) is 4.79 Å². The molecule has 1 aromatic heterocycles. The van der Waals surface area contributed by atoms with Gasteiger partial charge in [-0.05, 0) is 26.0 Å². The van der Waals surface area contributed by atoms with Gasteiger partial charge in [-0.25, -0.2) is 13.4 Å². The fourth-order valence-electron chi connectivity index (χ4n) is 1.44. The van der Waals surface area contributed by atoms with Crippen LogP contribution in [0.3, 0.4) is 0 Å². The number of hydrogen-bond acceptors (Lipinski definition) is 5. The van der Waals surface area contributed by atoms with Crippen molar-refractivity contribution in [2.75, 3.05) is 13.6 Å². The van der Waals surface area contributed by atoms with Crippen LogP contribution in [0, 0.1) is 11.3 Å². The number of pyridine rings is 1. The van der Waals surface area contributed by atoms with Gasteiger partial charge in [0, 0.05) is 19.8 Å². The quantitative estimate of drug-likeness (QED) is 0.830. The molecule has 0 aromatic carbocycles. The Hall–Kier alpha value is -1.98. The lowest BCUT2D eigenvalue weighted by atomic mass is 10.3. The molecule has 1 unspecified atom stereocenters. The van der Waals surface area contributed by atoms with Crippen molar-refractivity contribution in [3.8, 4) is 6.07 Å². The molecule has 0 saturated carbocycles. The van der Waals surface area contributed by atoms with Crippen molar-refractivity contribution in [3.05, 3.63) is 24.0 Å². The summed E-state index contributed by atoms with van der Waals surface area (Å²) in [5, 5.41) is 8.61. The van der Waals surface area contributed by atoms with Gasteiger partial charge >= 0.3 is 0 Å². The Labute approximate surface area is 118 Å². The topological polar surface area (TPSA) is 103 Å². The third-order valence-corrected chi connectivity index (χ3v) is 4.24. The number of hydrogen-bond donors (Lipinski definition) is 1. The van der Waals surface area contributed by atoms with Gasteiger partial charge in [0.1, 0.15) is 16.7 Å². The minimum absolute atomic E-state index is 0.0877. The third-order valence-electron chi connectivity index (χ3n) is 2.71. The second-order valence-corrected chi connectivity index (χ2v) is 5.90. The Morgan fingerprint density at radius 2 is 2.20 bits per heavy atom. The Bertz CT molecular complexity index is 619. The summed E-state index contributed by atoms with van der Waals surface area (Å²) in [4.78, 5) is 16.8. The smallest absolute Gasteiger partial charge is 0.242 e. The van der Waals surface area contributed by atoms with Gasteiger partial charge in [-0.15, -0.1) is 0 Å². The maximum Gasteiger partial charge on any atom is 0.242 e. The lowest BCUT2D eigenvalue weighted by molar-refractivity contribution is -0.131. The number of nitrogens with zero attached hydrogens (tertiary/aromatic N) is 3. The summed E-state index contributed by atoms with van der Waals surface area (Å²) in [7, 11) is -2.25. The van der Waals surface area contributed by atoms with E-state index in [0.717, 1.165) is 6.20 Å². The monoisotopic (exact) mass is 296 g/mol. The van der Waals surface area contributed by atoms with E-state index < -0.39 is 16.1 Å². The number of rotatable bonds is 5. The molecule has 0 aliphatic heterocycles. The minimum atomic E-state index is -3.84. The molecule has 1 N–H and O–H groups in total. The fraction of sp³-hybridized carbons (Fsp3) is 0.417. The molecule has 0 radical (unpaired) electrons. The summed E-state index contributed by atoms with van der Waals surface area (Å²) in [6, 6.07) is 3.50. The molecule has 1 aromatic rings. The summed E-state index contributed by atoms with van der Waals surface area (Å²) in [5.41, 5.74) is 0.124. The number of likely N-dealkylation sites (N-methyl/N-ethyl adjacent to an activating group) is 1. The molecule has 0 fully saturated rings. The zero-order valence-electron chi connectivity index (χ0n) is 11.5. The number of carbonyl (C=O) groups is 1. The average molecular weight is 296 g/mol. The number of aromatic nitrogens is 1. The van der Waals surface area contributed by atoms with E-state index in [2.05, 4.69) is 9.71 Å². The molecule has 0 spiro atoms. The maximum absolute atomic E-state index is 12.1. The molecule has 108 valence electrons. The lowest BCUT2D eigenvalue weighted by Gasteiger charge is -2.20. The number of nitrogens with one attached hydrogen (secondary N) is 1. The molecule has 1 amide bonds. The Morgan fingerprint density at radius 3 is 2.65 bits per heavy atom. The van der Waals surface area contributed by atoms with Gasteiger partial charge in [0.2, 0.25) is 15.9 Å². The fourth-order valence-corrected chi connectivity index (χ4v) is 2.58. The predicted molar refractivity (Wildman–Crippen MR) is 72.0 cm³/mol. The lowest BCUT2D eigenvalue weighted by Crippen LogP contribution is -2.45. The second kappa shape index (κ2) is 6.45. The van der Waals surface area contributed by atoms with Crippen LogP contribution in [0.1, 0.15) is 19.5 Å². The summed E-state index contributed by atoms with van der Waals surface area (Å²) < 4.78 is 26.4. The molecule has 7 nitrogen and oxygen atoms in total. The first-order valence-corrected chi connectivity index (χ1v) is 7.43. The van der Waals surface area contributed by atoms with Crippen molar-refractivity contribution < 1.29 is 13.2 Å². The van der Waals surface area contributed by atoms with E-state index in [4.69, 9.17) is 5.26 Å². The van der Waals surface area contributed by atoms with Crippen molar-refractivity contribution in [1.29, 1.82) is 5.26 Å². The highest BCUT2D eigenvalue weighted by atomic mass is 32.2. The van der Waals surface area contributed by atoms with E-state index >= 15 is 0 Å². The number of amides is 1. The van der Waals surface area contributed by atoms with Crippen LogP contribution in [0.15, 0.2) is 23.2 Å². The van der Waals surface area contributed by atoms with Gasteiger partial charge in [0.15, 0.2) is 0 Å². The molecule has 0 aliphatic carbocycles. The van der Waals surface area contributed by atoms with Crippen molar-refractivity contribution in [3.63, 3.8) is 0 Å². The summed E-state index contributed by atoms with van der Waals surface area (Å²) >= 11 is 0. The normalized spacial score (nSPS) is 12.5. The van der Waals surface area contributed by atoms with Crippen LogP contribution in [0.25, 0.3) is 0 Å². The van der Waals surface area contributed by atoms with Gasteiger partial charge in [0.25, 0.3) is 0 Å². The SMILES string of the molecule is CCN(C)C(=O)C(C)NS(=O)(=O)c1ccc(C#N)nc1. The van der Waals surface area contributed by atoms with Gasteiger partial charge in [-0.2, -0.15) is 9.98 Å². The molecule has 0 aliphatic rings. The molecular formula is C12H16N4O3S. The standard InChI is InChI=1S/C12H16N4O3S/c1-4-16(3)12(17)9(2)15-20(18,19)11-6-5-10(7-13)14-8-11/h5-6,8-9,15H,4H2,1-3H3. The molecular weight excluding hydrogens is 280 g/mol. The van der Waals surface area contributed by atoms with E-state index in [0.29, 0.717) is 6.54 Å². The first-order valence-electron chi connectivity index (χ1n) is 5.95. The second-order valence-electron chi connectivity index (χ2n) is 4.19. The largest absolute Gasteiger partial charge is 0.345 e. The highest BCUT2D eigenvalue weighted by Crippen LogP contribution is 2.08. The van der Waals surface area contributed by atoms with E-state index in [1.165, 1.54) is 24.0 Å². The number of nitriles is 1. The first-order chi connectivity index (χ1) is 9.31. The highest BCUT2D eigenvalue weighted by Gasteiger charge is 2.23. The molecule has 1 rings (SSSR count). The zero-order chi connectivity index (χ0) is 15.3. The van der Waals surface area contributed by atoms with E-state index in [9.17, 15) is 13.2 Å². The average Bonchev–Trinajstić information content (AvgIpc) is 2.45. The van der Waals surface area contributed by atoms with Crippen molar-refractivity contribution in [1.82, 2.24) is 14.6 Å². The molecule has 0 bridgehead atoms. The van der Waals surface area contributed by atoms with Crippen LogP contribution >= 0.6 is 0 Å². The number of sulfonamides is 1. The van der Waals surface area contributed by atoms with Crippen LogP contribution < -0.4 is 4.72 Å². The van der Waals surface area contributed by atoms with E-state index in [1.54, 1.807) is 20.0 Å². The van der Waals surface area contributed by atoms with Crippen molar-refractivity contribution in [2.45, 2.75) is 24.8 Å². The maximum atomic E-state index is 12.1. The molecule has 1 heterocycles. The Kier molecular flexibility index (Phi) is 5.19. The van der Waals surface area contributed by atoms with Gasteiger partial charge in [0.05, 0.1) is 6.04 Å². The first kappa shape index (κ1) is 16.1. The molecule has 8 heteroatoms. The predicted octanol–water partition coefficient (Wildman–Crippen LogP) is 0.0984.